The highest BCUT2D eigenvalue weighted by molar-refractivity contribution is 7.59. The van der Waals surface area contributed by atoms with Gasteiger partial charge in [0.15, 0.2) is 11.6 Å². The van der Waals surface area contributed by atoms with Gasteiger partial charge < -0.3 is 19.2 Å². The first kappa shape index (κ1) is 12.2. The first-order valence-corrected chi connectivity index (χ1v) is 7.17. The molecule has 0 bridgehead atoms. The van der Waals surface area contributed by atoms with Gasteiger partial charge >= 0.3 is 7.60 Å². The first-order chi connectivity index (χ1) is 8.93. The second-order valence-electron chi connectivity index (χ2n) is 4.29. The van der Waals surface area contributed by atoms with Gasteiger partial charge in [0.05, 0.1) is 11.0 Å². The number of H-pyrrole nitrogens is 1. The Labute approximate surface area is 108 Å². The lowest BCUT2D eigenvalue weighted by Crippen LogP contribution is -1.98. The van der Waals surface area contributed by atoms with E-state index in [4.69, 9.17) is 14.2 Å². The van der Waals surface area contributed by atoms with Crippen LogP contribution >= 0.6 is 7.60 Å². The monoisotopic (exact) mass is 278 g/mol. The highest BCUT2D eigenvalue weighted by atomic mass is 31.2. The molecule has 0 saturated carbocycles. The van der Waals surface area contributed by atoms with Gasteiger partial charge in [-0.2, -0.15) is 0 Å². The van der Waals surface area contributed by atoms with E-state index in [0.717, 1.165) is 16.6 Å². The maximum atomic E-state index is 11.1. The molecule has 3 aromatic rings. The average molecular weight is 278 g/mol. The van der Waals surface area contributed by atoms with Crippen molar-refractivity contribution in [2.24, 2.45) is 0 Å². The van der Waals surface area contributed by atoms with Crippen molar-refractivity contribution in [3.05, 3.63) is 35.9 Å². The number of fused-ring (bicyclic) bond motifs is 1. The number of imidazole rings is 1. The van der Waals surface area contributed by atoms with E-state index in [1.54, 1.807) is 0 Å². The SMILES string of the molecule is Cc1ccc2[nH]c(-c3ccc(P(=O)(O)O)o3)nc2c1. The summed E-state index contributed by atoms with van der Waals surface area (Å²) in [5.41, 5.74) is 2.35. The van der Waals surface area contributed by atoms with Gasteiger partial charge in [-0.1, -0.05) is 6.07 Å². The first-order valence-electron chi connectivity index (χ1n) is 5.56. The van der Waals surface area contributed by atoms with Crippen LogP contribution in [0.15, 0.2) is 34.7 Å². The Kier molecular flexibility index (Phi) is 2.60. The summed E-state index contributed by atoms with van der Waals surface area (Å²) < 4.78 is 16.2. The van der Waals surface area contributed by atoms with Crippen molar-refractivity contribution in [2.75, 3.05) is 0 Å². The second-order valence-corrected chi connectivity index (χ2v) is 5.82. The molecule has 0 aliphatic heterocycles. The van der Waals surface area contributed by atoms with Gasteiger partial charge in [0.1, 0.15) is 0 Å². The van der Waals surface area contributed by atoms with Crippen molar-refractivity contribution >= 4 is 24.1 Å². The van der Waals surface area contributed by atoms with Crippen LogP contribution < -0.4 is 5.50 Å². The summed E-state index contributed by atoms with van der Waals surface area (Å²) in [4.78, 5) is 25.4. The molecule has 0 atom stereocenters. The number of rotatable bonds is 2. The Bertz CT molecular complexity index is 799. The lowest BCUT2D eigenvalue weighted by atomic mass is 10.2. The summed E-state index contributed by atoms with van der Waals surface area (Å²) in [5, 5.41) is 0. The number of hydrogen-bond acceptors (Lipinski definition) is 3. The fourth-order valence-corrected chi connectivity index (χ4v) is 2.33. The molecule has 0 aliphatic carbocycles. The zero-order chi connectivity index (χ0) is 13.6. The van der Waals surface area contributed by atoms with Crippen molar-refractivity contribution in [3.8, 4) is 11.6 Å². The summed E-state index contributed by atoms with van der Waals surface area (Å²) in [6.45, 7) is 1.96. The summed E-state index contributed by atoms with van der Waals surface area (Å²) in [5.74, 6) is 0.743. The highest BCUT2D eigenvalue weighted by Gasteiger charge is 2.23. The molecular weight excluding hydrogens is 267 g/mol. The second kappa shape index (κ2) is 4.06. The number of aromatic nitrogens is 2. The molecule has 0 aliphatic rings. The Morgan fingerprint density at radius 1 is 1.26 bits per heavy atom. The molecule has 2 aromatic heterocycles. The predicted molar refractivity (Wildman–Crippen MR) is 70.2 cm³/mol. The zero-order valence-corrected chi connectivity index (χ0v) is 10.9. The molecule has 0 spiro atoms. The van der Waals surface area contributed by atoms with Gasteiger partial charge in [0.2, 0.25) is 5.50 Å². The average Bonchev–Trinajstić information content (AvgIpc) is 2.92. The molecule has 2 heterocycles. The minimum Gasteiger partial charge on any atom is -0.445 e. The van der Waals surface area contributed by atoms with Gasteiger partial charge in [-0.3, -0.25) is 4.57 Å². The van der Waals surface area contributed by atoms with E-state index in [0.29, 0.717) is 11.6 Å². The largest absolute Gasteiger partial charge is 0.445 e. The molecule has 0 radical (unpaired) electrons. The fourth-order valence-electron chi connectivity index (χ4n) is 1.84. The molecule has 19 heavy (non-hydrogen) atoms. The molecular formula is C12H11N2O4P. The van der Waals surface area contributed by atoms with Crippen LogP contribution in [0, 0.1) is 6.92 Å². The third kappa shape index (κ3) is 2.21. The summed E-state index contributed by atoms with van der Waals surface area (Å²) in [6, 6.07) is 8.51. The number of furan rings is 1. The Balaban J connectivity index is 2.09. The number of aromatic amines is 1. The Hall–Kier alpha value is -1.88. The van der Waals surface area contributed by atoms with Crippen molar-refractivity contribution in [1.29, 1.82) is 0 Å². The van der Waals surface area contributed by atoms with E-state index < -0.39 is 7.60 Å². The minimum atomic E-state index is -4.37. The van der Waals surface area contributed by atoms with Crippen molar-refractivity contribution in [2.45, 2.75) is 6.92 Å². The van der Waals surface area contributed by atoms with Crippen LogP contribution in [0.4, 0.5) is 0 Å². The van der Waals surface area contributed by atoms with E-state index >= 15 is 0 Å². The number of aryl methyl sites for hydroxylation is 1. The van der Waals surface area contributed by atoms with Crippen molar-refractivity contribution in [1.82, 2.24) is 9.97 Å². The van der Waals surface area contributed by atoms with Crippen LogP contribution in [-0.4, -0.2) is 19.8 Å². The summed E-state index contributed by atoms with van der Waals surface area (Å²) >= 11 is 0. The lowest BCUT2D eigenvalue weighted by molar-refractivity contribution is 0.377. The molecule has 3 rings (SSSR count). The Morgan fingerprint density at radius 2 is 2.05 bits per heavy atom. The third-order valence-corrected chi connectivity index (χ3v) is 3.57. The molecule has 0 unspecified atom stereocenters. The van der Waals surface area contributed by atoms with Crippen LogP contribution in [0.5, 0.6) is 0 Å². The third-order valence-electron chi connectivity index (χ3n) is 2.75. The van der Waals surface area contributed by atoms with Crippen molar-refractivity contribution < 1.29 is 18.8 Å². The number of nitrogens with zero attached hydrogens (tertiary/aromatic N) is 1. The van der Waals surface area contributed by atoms with Crippen LogP contribution in [0.25, 0.3) is 22.6 Å². The number of hydrogen-bond donors (Lipinski definition) is 3. The standard InChI is InChI=1S/C12H11N2O4P/c1-7-2-3-8-9(6-7)14-12(13-8)10-4-5-11(18-10)19(15,16)17/h2-6H,1H3,(H,13,14)(H2,15,16,17). The van der Waals surface area contributed by atoms with E-state index in [1.807, 2.05) is 25.1 Å². The van der Waals surface area contributed by atoms with Gasteiger partial charge in [0.25, 0.3) is 0 Å². The smallest absolute Gasteiger partial charge is 0.391 e. The van der Waals surface area contributed by atoms with E-state index in [2.05, 4.69) is 9.97 Å². The van der Waals surface area contributed by atoms with Gasteiger partial charge in [0, 0.05) is 0 Å². The molecule has 0 saturated heterocycles. The van der Waals surface area contributed by atoms with Gasteiger partial charge in [-0.05, 0) is 36.8 Å². The summed E-state index contributed by atoms with van der Waals surface area (Å²) in [7, 11) is -4.37. The van der Waals surface area contributed by atoms with Crippen LogP contribution in [0.2, 0.25) is 0 Å². The van der Waals surface area contributed by atoms with Gasteiger partial charge in [-0.25, -0.2) is 4.98 Å². The maximum absolute atomic E-state index is 11.1. The molecule has 7 heteroatoms. The molecule has 1 aromatic carbocycles. The number of benzene rings is 1. The Morgan fingerprint density at radius 3 is 2.74 bits per heavy atom. The van der Waals surface area contributed by atoms with E-state index in [-0.39, 0.29) is 5.50 Å². The molecule has 0 fully saturated rings. The summed E-state index contributed by atoms with van der Waals surface area (Å²) in [6.07, 6.45) is 0. The molecule has 0 amide bonds. The van der Waals surface area contributed by atoms with Crippen LogP contribution in [-0.2, 0) is 4.57 Å². The topological polar surface area (TPSA) is 99.4 Å². The normalized spacial score (nSPS) is 12.2. The van der Waals surface area contributed by atoms with Crippen LogP contribution in [0.3, 0.4) is 0 Å². The van der Waals surface area contributed by atoms with Gasteiger partial charge in [-0.15, -0.1) is 0 Å². The minimum absolute atomic E-state index is 0.298. The quantitative estimate of drug-likeness (QED) is 0.622. The number of nitrogens with one attached hydrogen (secondary N) is 1. The fraction of sp³-hybridized carbons (Fsp3) is 0.0833. The molecule has 6 nitrogen and oxygen atoms in total. The van der Waals surface area contributed by atoms with Crippen molar-refractivity contribution in [3.63, 3.8) is 0 Å². The maximum Gasteiger partial charge on any atom is 0.391 e. The van der Waals surface area contributed by atoms with E-state index in [1.165, 1.54) is 12.1 Å². The predicted octanol–water partition coefficient (Wildman–Crippen LogP) is 1.93. The highest BCUT2D eigenvalue weighted by Crippen LogP contribution is 2.35. The lowest BCUT2D eigenvalue weighted by Gasteiger charge is -1.97. The molecule has 3 N–H and O–H groups in total. The molecule has 98 valence electrons. The van der Waals surface area contributed by atoms with Crippen LogP contribution in [0.1, 0.15) is 5.56 Å². The zero-order valence-electron chi connectivity index (χ0n) is 9.99. The van der Waals surface area contributed by atoms with E-state index in [9.17, 15) is 4.57 Å².